The second kappa shape index (κ2) is 5.85. The highest BCUT2D eigenvalue weighted by atomic mass is 16.5. The zero-order chi connectivity index (χ0) is 15.8. The van der Waals surface area contributed by atoms with Crippen molar-refractivity contribution in [3.05, 3.63) is 30.2 Å². The van der Waals surface area contributed by atoms with Gasteiger partial charge in [-0.3, -0.25) is 4.68 Å². The van der Waals surface area contributed by atoms with E-state index in [-0.39, 0.29) is 0 Å². The number of hydrogen-bond donors (Lipinski definition) is 1. The highest BCUT2D eigenvalue weighted by molar-refractivity contribution is 5.40. The molecule has 0 aromatic carbocycles. The predicted octanol–water partition coefficient (Wildman–Crippen LogP) is 3.13. The average molecular weight is 314 g/mol. The topological polar surface area (TPSA) is 75.2 Å². The van der Waals surface area contributed by atoms with Gasteiger partial charge < -0.3 is 15.2 Å². The molecule has 1 saturated carbocycles. The van der Waals surface area contributed by atoms with Crippen LogP contribution in [0.25, 0.3) is 0 Å². The van der Waals surface area contributed by atoms with Crippen molar-refractivity contribution in [1.29, 1.82) is 0 Å². The summed E-state index contributed by atoms with van der Waals surface area (Å²) in [5, 5.41) is 4.85. The van der Waals surface area contributed by atoms with E-state index in [4.69, 9.17) is 20.3 Å². The first-order chi connectivity index (χ1) is 11.2. The molecule has 2 fully saturated rings. The third-order valence-electron chi connectivity index (χ3n) is 4.62. The molecule has 0 radical (unpaired) electrons. The van der Waals surface area contributed by atoms with E-state index in [1.807, 2.05) is 12.3 Å². The van der Waals surface area contributed by atoms with Crippen LogP contribution in [0.15, 0.2) is 24.5 Å². The number of anilines is 1. The van der Waals surface area contributed by atoms with E-state index in [0.717, 1.165) is 31.1 Å². The maximum absolute atomic E-state index is 6.11. The molecule has 1 aliphatic heterocycles. The Labute approximate surface area is 135 Å². The summed E-state index contributed by atoms with van der Waals surface area (Å²) >= 11 is 0. The van der Waals surface area contributed by atoms with E-state index < -0.39 is 0 Å². The Bertz CT molecular complexity index is 696. The van der Waals surface area contributed by atoms with Crippen molar-refractivity contribution in [1.82, 2.24) is 14.8 Å². The smallest absolute Gasteiger partial charge is 0.168 e. The monoisotopic (exact) mass is 314 g/mol. The summed E-state index contributed by atoms with van der Waals surface area (Å²) in [6.45, 7) is 3.78. The number of hydrogen-bond acceptors (Lipinski definition) is 5. The number of pyridine rings is 1. The fourth-order valence-electron chi connectivity index (χ4n) is 3.16. The molecule has 23 heavy (non-hydrogen) atoms. The zero-order valence-electron chi connectivity index (χ0n) is 13.3. The number of nitrogens with two attached hydrogens (primary N) is 1. The second-order valence-electron chi connectivity index (χ2n) is 6.56. The van der Waals surface area contributed by atoms with E-state index in [2.05, 4.69) is 16.6 Å². The number of nitrogen functional groups attached to an aromatic ring is 1. The molecule has 3 heterocycles. The Morgan fingerprint density at radius 2 is 2.22 bits per heavy atom. The summed E-state index contributed by atoms with van der Waals surface area (Å²) in [7, 11) is 0. The summed E-state index contributed by atoms with van der Waals surface area (Å²) in [6, 6.07) is 4.09. The molecule has 2 aromatic heterocycles. The molecule has 2 atom stereocenters. The van der Waals surface area contributed by atoms with Gasteiger partial charge in [0.15, 0.2) is 5.75 Å². The van der Waals surface area contributed by atoms with Crippen LogP contribution in [0.1, 0.15) is 43.8 Å². The molecule has 1 saturated heterocycles. The van der Waals surface area contributed by atoms with Gasteiger partial charge in [0.1, 0.15) is 17.3 Å². The largest absolute Gasteiger partial charge is 0.454 e. The van der Waals surface area contributed by atoms with Crippen LogP contribution in [0.2, 0.25) is 0 Å². The maximum Gasteiger partial charge on any atom is 0.168 e. The molecule has 2 aromatic rings. The molecule has 6 nitrogen and oxygen atoms in total. The van der Waals surface area contributed by atoms with Crippen LogP contribution in [0.4, 0.5) is 5.82 Å². The van der Waals surface area contributed by atoms with Crippen molar-refractivity contribution in [3.63, 3.8) is 0 Å². The lowest BCUT2D eigenvalue weighted by atomic mass is 9.87. The van der Waals surface area contributed by atoms with Crippen molar-refractivity contribution in [2.24, 2.45) is 5.92 Å². The summed E-state index contributed by atoms with van der Waals surface area (Å²) < 4.78 is 13.7. The van der Waals surface area contributed by atoms with Crippen molar-refractivity contribution in [2.75, 3.05) is 18.9 Å². The van der Waals surface area contributed by atoms with Gasteiger partial charge in [-0.15, -0.1) is 0 Å². The molecule has 2 N–H and O–H groups in total. The van der Waals surface area contributed by atoms with Gasteiger partial charge in [0.05, 0.1) is 12.2 Å². The Balaban J connectivity index is 1.66. The number of ether oxygens (including phenoxy) is 2. The van der Waals surface area contributed by atoms with Crippen LogP contribution in [0.5, 0.6) is 11.5 Å². The molecule has 0 amide bonds. The van der Waals surface area contributed by atoms with Gasteiger partial charge in [0.25, 0.3) is 0 Å². The van der Waals surface area contributed by atoms with Gasteiger partial charge in [-0.2, -0.15) is 5.10 Å². The Morgan fingerprint density at radius 1 is 1.35 bits per heavy atom. The number of aromatic nitrogens is 3. The first kappa shape index (κ1) is 14.5. The lowest BCUT2D eigenvalue weighted by Gasteiger charge is -2.28. The summed E-state index contributed by atoms with van der Waals surface area (Å²) in [5.41, 5.74) is 6.79. The molecule has 122 valence electrons. The SMILES string of the molecule is CC1COCCC1c1nn(C2CC2)cc1Oc1ccnc(N)c1. The third kappa shape index (κ3) is 3.03. The lowest BCUT2D eigenvalue weighted by Crippen LogP contribution is -2.24. The normalized spacial score (nSPS) is 24.6. The Hall–Kier alpha value is -2.08. The molecular formula is C17H22N4O2. The van der Waals surface area contributed by atoms with E-state index in [1.165, 1.54) is 12.8 Å². The first-order valence-corrected chi connectivity index (χ1v) is 8.27. The fraction of sp³-hybridized carbons (Fsp3) is 0.529. The minimum atomic E-state index is 0.373. The minimum absolute atomic E-state index is 0.373. The quantitative estimate of drug-likeness (QED) is 0.938. The van der Waals surface area contributed by atoms with Crippen LogP contribution >= 0.6 is 0 Å². The van der Waals surface area contributed by atoms with Crippen molar-refractivity contribution in [2.45, 2.75) is 38.1 Å². The van der Waals surface area contributed by atoms with Gasteiger partial charge in [-0.25, -0.2) is 4.98 Å². The predicted molar refractivity (Wildman–Crippen MR) is 86.6 cm³/mol. The average Bonchev–Trinajstić information content (AvgIpc) is 3.30. The first-order valence-electron chi connectivity index (χ1n) is 8.27. The van der Waals surface area contributed by atoms with Crippen LogP contribution < -0.4 is 10.5 Å². The maximum atomic E-state index is 6.11. The van der Waals surface area contributed by atoms with Crippen LogP contribution in [-0.4, -0.2) is 28.0 Å². The fourth-order valence-corrected chi connectivity index (χ4v) is 3.16. The van der Waals surface area contributed by atoms with Crippen LogP contribution in [0.3, 0.4) is 0 Å². The van der Waals surface area contributed by atoms with Crippen molar-refractivity contribution >= 4 is 5.82 Å². The molecule has 4 rings (SSSR count). The van der Waals surface area contributed by atoms with E-state index in [9.17, 15) is 0 Å². The Morgan fingerprint density at radius 3 is 2.96 bits per heavy atom. The summed E-state index contributed by atoms with van der Waals surface area (Å²) in [4.78, 5) is 4.01. The molecule has 1 aliphatic carbocycles. The summed E-state index contributed by atoms with van der Waals surface area (Å²) in [5.74, 6) is 2.81. The second-order valence-corrected chi connectivity index (χ2v) is 6.56. The van der Waals surface area contributed by atoms with E-state index >= 15 is 0 Å². The van der Waals surface area contributed by atoms with Crippen LogP contribution in [-0.2, 0) is 4.74 Å². The number of nitrogens with zero attached hydrogens (tertiary/aromatic N) is 3. The molecule has 6 heteroatoms. The molecule has 2 unspecified atom stereocenters. The van der Waals surface area contributed by atoms with Gasteiger partial charge in [0.2, 0.25) is 0 Å². The van der Waals surface area contributed by atoms with Gasteiger partial charge in [-0.1, -0.05) is 6.92 Å². The molecule has 0 bridgehead atoms. The van der Waals surface area contributed by atoms with E-state index in [0.29, 0.717) is 29.4 Å². The molecule has 2 aliphatic rings. The highest BCUT2D eigenvalue weighted by Crippen LogP contribution is 2.41. The zero-order valence-corrected chi connectivity index (χ0v) is 13.3. The number of rotatable bonds is 4. The standard InChI is InChI=1S/C17H22N4O2/c1-11-10-22-7-5-14(11)17-15(9-21(20-17)12-2-3-12)23-13-4-6-19-16(18)8-13/h4,6,8-9,11-12,14H,2-3,5,7,10H2,1H3,(H2,18,19). The molecule has 0 spiro atoms. The third-order valence-corrected chi connectivity index (χ3v) is 4.62. The summed E-state index contributed by atoms with van der Waals surface area (Å²) in [6.07, 6.45) is 7.08. The minimum Gasteiger partial charge on any atom is -0.454 e. The van der Waals surface area contributed by atoms with Gasteiger partial charge in [-0.05, 0) is 31.2 Å². The lowest BCUT2D eigenvalue weighted by molar-refractivity contribution is 0.0457. The van der Waals surface area contributed by atoms with Crippen LogP contribution in [0, 0.1) is 5.92 Å². The van der Waals surface area contributed by atoms with Gasteiger partial charge >= 0.3 is 0 Å². The van der Waals surface area contributed by atoms with Crippen molar-refractivity contribution in [3.8, 4) is 11.5 Å². The van der Waals surface area contributed by atoms with Crippen molar-refractivity contribution < 1.29 is 9.47 Å². The van der Waals surface area contributed by atoms with Gasteiger partial charge in [0, 0.05) is 31.4 Å². The highest BCUT2D eigenvalue weighted by Gasteiger charge is 2.32. The van der Waals surface area contributed by atoms with E-state index in [1.54, 1.807) is 12.3 Å². The Kier molecular flexibility index (Phi) is 3.69. The molecular weight excluding hydrogens is 292 g/mol.